The molecule has 0 aliphatic heterocycles. The van der Waals surface area contributed by atoms with Gasteiger partial charge in [0.2, 0.25) is 0 Å². The predicted octanol–water partition coefficient (Wildman–Crippen LogP) is 23.5. The molecule has 0 aliphatic rings. The first-order valence-corrected chi connectivity index (χ1v) is 44.0. The zero-order valence-electron chi connectivity index (χ0n) is 64.1. The van der Waals surface area contributed by atoms with Crippen molar-refractivity contribution in [1.82, 2.24) is 0 Å². The Bertz CT molecular complexity index is 1890. The van der Waals surface area contributed by atoms with Gasteiger partial charge in [-0.2, -0.15) is 0 Å². The maximum atomic E-state index is 13.1. The summed E-state index contributed by atoms with van der Waals surface area (Å²) >= 11 is 0. The Morgan fingerprint density at radius 3 is 0.776 bits per heavy atom. The van der Waals surface area contributed by atoms with Crippen molar-refractivity contribution in [1.29, 1.82) is 0 Å². The number of hydrogen-bond acceptors (Lipinski definition) is 15. The maximum Gasteiger partial charge on any atom is 0.472 e. The predicted molar refractivity (Wildman–Crippen MR) is 400 cm³/mol. The van der Waals surface area contributed by atoms with Crippen LogP contribution in [0, 0.1) is 11.8 Å². The van der Waals surface area contributed by atoms with Gasteiger partial charge in [0.15, 0.2) is 12.2 Å². The fraction of sp³-hybridized carbons (Fsp3) is 0.949. The van der Waals surface area contributed by atoms with Crippen molar-refractivity contribution in [2.24, 2.45) is 11.8 Å². The van der Waals surface area contributed by atoms with Crippen LogP contribution in [0.3, 0.4) is 0 Å². The molecule has 0 aromatic carbocycles. The summed E-state index contributed by atoms with van der Waals surface area (Å²) in [7, 11) is -9.92. The van der Waals surface area contributed by atoms with Crippen LogP contribution in [0.25, 0.3) is 0 Å². The molecule has 0 fully saturated rings. The number of rotatable bonds is 78. The maximum absolute atomic E-state index is 13.1. The summed E-state index contributed by atoms with van der Waals surface area (Å²) in [6.45, 7) is 9.60. The highest BCUT2D eigenvalue weighted by Crippen LogP contribution is 2.45. The minimum atomic E-state index is -4.96. The molecule has 0 spiro atoms. The molecule has 0 aromatic rings. The summed E-state index contributed by atoms with van der Waals surface area (Å²) in [4.78, 5) is 72.9. The number of carbonyl (C=O) groups is 4. The molecule has 0 rings (SSSR count). The zero-order chi connectivity index (χ0) is 72.1. The van der Waals surface area contributed by atoms with Crippen molar-refractivity contribution in [2.45, 2.75) is 432 Å². The van der Waals surface area contributed by atoms with E-state index in [1.807, 2.05) is 0 Å². The summed E-state index contributed by atoms with van der Waals surface area (Å²) < 4.78 is 68.6. The van der Waals surface area contributed by atoms with E-state index in [1.54, 1.807) is 0 Å². The number of aliphatic hydroxyl groups is 1. The Labute approximate surface area is 600 Å². The zero-order valence-corrected chi connectivity index (χ0v) is 65.9. The number of phosphoric acid groups is 2. The molecule has 0 aliphatic carbocycles. The van der Waals surface area contributed by atoms with Crippen LogP contribution >= 0.6 is 15.6 Å². The SMILES string of the molecule is CCCCCCCCCCCCCCCCCCCCCC(=O)O[C@H](COC(=O)CCCCCCCCCCCCCCCC(C)C)COP(=O)(O)OC[C@@H](O)COP(=O)(O)OC[C@@H](COC(=O)CCCCCCCCC(C)CC)OC(=O)CCCCCCCCCCCCCCC. The number of phosphoric ester groups is 2. The largest absolute Gasteiger partial charge is 0.472 e. The van der Waals surface area contributed by atoms with E-state index in [1.165, 1.54) is 225 Å². The Kier molecular flexibility index (Phi) is 69.3. The molecule has 0 radical (unpaired) electrons. The van der Waals surface area contributed by atoms with Crippen LogP contribution in [-0.2, 0) is 65.4 Å². The summed E-state index contributed by atoms with van der Waals surface area (Å²) in [6.07, 6.45) is 59.6. The Balaban J connectivity index is 5.24. The van der Waals surface area contributed by atoms with E-state index in [-0.39, 0.29) is 25.7 Å². The lowest BCUT2D eigenvalue weighted by Gasteiger charge is -2.21. The van der Waals surface area contributed by atoms with E-state index in [2.05, 4.69) is 41.5 Å². The molecule has 0 heterocycles. The van der Waals surface area contributed by atoms with Crippen molar-refractivity contribution >= 4 is 39.5 Å². The molecule has 6 atom stereocenters. The molecule has 582 valence electrons. The van der Waals surface area contributed by atoms with Gasteiger partial charge in [-0.1, -0.05) is 363 Å². The van der Waals surface area contributed by atoms with Crippen molar-refractivity contribution in [3.8, 4) is 0 Å². The van der Waals surface area contributed by atoms with Crippen LogP contribution in [0.5, 0.6) is 0 Å². The smallest absolute Gasteiger partial charge is 0.462 e. The van der Waals surface area contributed by atoms with Crippen LogP contribution in [0.4, 0.5) is 0 Å². The summed E-state index contributed by atoms with van der Waals surface area (Å²) in [6, 6.07) is 0. The number of unbranched alkanes of at least 4 members (excludes halogenated alkanes) is 47. The fourth-order valence-corrected chi connectivity index (χ4v) is 13.7. The highest BCUT2D eigenvalue weighted by molar-refractivity contribution is 7.47. The van der Waals surface area contributed by atoms with E-state index in [4.69, 9.17) is 37.0 Å². The minimum Gasteiger partial charge on any atom is -0.462 e. The number of carbonyl (C=O) groups excluding carboxylic acids is 4. The summed E-state index contributed by atoms with van der Waals surface area (Å²) in [5.41, 5.74) is 0. The molecular weight excluding hydrogens is 1280 g/mol. The van der Waals surface area contributed by atoms with Gasteiger partial charge in [0.25, 0.3) is 0 Å². The Morgan fingerprint density at radius 2 is 0.520 bits per heavy atom. The molecule has 3 unspecified atom stereocenters. The third kappa shape index (κ3) is 71.1. The molecule has 3 N–H and O–H groups in total. The molecule has 19 heteroatoms. The molecular formula is C79H154O17P2. The van der Waals surface area contributed by atoms with E-state index in [0.717, 1.165) is 108 Å². The summed E-state index contributed by atoms with van der Waals surface area (Å²) in [5, 5.41) is 10.6. The van der Waals surface area contributed by atoms with Crippen LogP contribution in [0.1, 0.15) is 414 Å². The average molecular weight is 1440 g/mol. The first-order valence-electron chi connectivity index (χ1n) is 41.0. The van der Waals surface area contributed by atoms with Crippen LogP contribution in [0.2, 0.25) is 0 Å². The monoisotopic (exact) mass is 1440 g/mol. The van der Waals surface area contributed by atoms with Gasteiger partial charge in [-0.3, -0.25) is 37.3 Å². The van der Waals surface area contributed by atoms with Crippen molar-refractivity contribution < 1.29 is 80.2 Å². The van der Waals surface area contributed by atoms with Gasteiger partial charge in [0.05, 0.1) is 26.4 Å². The van der Waals surface area contributed by atoms with Crippen molar-refractivity contribution in [2.75, 3.05) is 39.6 Å². The lowest BCUT2D eigenvalue weighted by Crippen LogP contribution is -2.30. The molecule has 98 heavy (non-hydrogen) atoms. The number of hydrogen-bond donors (Lipinski definition) is 3. The molecule has 0 bridgehead atoms. The molecule has 17 nitrogen and oxygen atoms in total. The van der Waals surface area contributed by atoms with Crippen LogP contribution in [0.15, 0.2) is 0 Å². The third-order valence-corrected chi connectivity index (χ3v) is 20.7. The quantitative estimate of drug-likeness (QED) is 0.0222. The fourth-order valence-electron chi connectivity index (χ4n) is 12.2. The van der Waals surface area contributed by atoms with E-state index < -0.39 is 97.5 Å². The lowest BCUT2D eigenvalue weighted by atomic mass is 10.00. The summed E-state index contributed by atoms with van der Waals surface area (Å²) in [5.74, 6) is -0.589. The van der Waals surface area contributed by atoms with Gasteiger partial charge in [-0.05, 0) is 37.5 Å². The van der Waals surface area contributed by atoms with Gasteiger partial charge in [0, 0.05) is 25.7 Å². The van der Waals surface area contributed by atoms with Crippen LogP contribution < -0.4 is 0 Å². The Morgan fingerprint density at radius 1 is 0.296 bits per heavy atom. The van der Waals surface area contributed by atoms with Gasteiger partial charge in [0.1, 0.15) is 19.3 Å². The van der Waals surface area contributed by atoms with Crippen LogP contribution in [-0.4, -0.2) is 96.7 Å². The second-order valence-electron chi connectivity index (χ2n) is 29.2. The lowest BCUT2D eigenvalue weighted by molar-refractivity contribution is -0.161. The van der Waals surface area contributed by atoms with E-state index in [9.17, 15) is 43.2 Å². The first-order chi connectivity index (χ1) is 47.4. The molecule has 0 saturated carbocycles. The van der Waals surface area contributed by atoms with Crippen molar-refractivity contribution in [3.63, 3.8) is 0 Å². The number of ether oxygens (including phenoxy) is 4. The standard InChI is InChI=1S/C79H154O17P2/c1-7-10-12-14-16-18-20-22-23-24-25-26-27-31-36-40-44-52-58-64-78(83)95-74(67-89-76(81)61-55-49-42-38-34-32-28-30-33-37-41-47-53-59-71(4)5)69-93-97(85,86)91-65-73(80)66-92-98(87,88)94-70-75(68-90-77(82)62-56-50-46-45-48-54-60-72(6)9-3)96-79(84)63-57-51-43-39-35-29-21-19-17-15-13-11-8-2/h71-75,80H,7-70H2,1-6H3,(H,85,86)(H,87,88)/t72?,73-,74-,75-/m1/s1. The second-order valence-corrected chi connectivity index (χ2v) is 32.1. The normalized spacial score (nSPS) is 14.2. The second kappa shape index (κ2) is 70.7. The molecule has 0 saturated heterocycles. The average Bonchev–Trinajstić information content (AvgIpc) is 0.961. The molecule has 0 aromatic heterocycles. The van der Waals surface area contributed by atoms with Gasteiger partial charge in [-0.25, -0.2) is 9.13 Å². The van der Waals surface area contributed by atoms with Crippen molar-refractivity contribution in [3.05, 3.63) is 0 Å². The van der Waals surface area contributed by atoms with Gasteiger partial charge < -0.3 is 33.8 Å². The van der Waals surface area contributed by atoms with Gasteiger partial charge in [-0.15, -0.1) is 0 Å². The number of esters is 4. The Hall–Kier alpha value is -1.94. The topological polar surface area (TPSA) is 237 Å². The van der Waals surface area contributed by atoms with E-state index in [0.29, 0.717) is 25.7 Å². The highest BCUT2D eigenvalue weighted by atomic mass is 31.2. The van der Waals surface area contributed by atoms with Gasteiger partial charge >= 0.3 is 39.5 Å². The minimum absolute atomic E-state index is 0.107. The molecule has 0 amide bonds. The first kappa shape index (κ1) is 96.1. The van der Waals surface area contributed by atoms with E-state index >= 15 is 0 Å². The third-order valence-electron chi connectivity index (χ3n) is 18.8. The highest BCUT2D eigenvalue weighted by Gasteiger charge is 2.30. The number of aliphatic hydroxyl groups excluding tert-OH is 1.